The van der Waals surface area contributed by atoms with Crippen molar-refractivity contribution in [1.29, 1.82) is 0 Å². The van der Waals surface area contributed by atoms with Crippen LogP contribution in [0.15, 0.2) is 66.7 Å². The van der Waals surface area contributed by atoms with E-state index in [-0.39, 0.29) is 17.3 Å². The third-order valence-electron chi connectivity index (χ3n) is 5.85. The molecular weight excluding hydrogens is 391 g/mol. The molecule has 4 nitrogen and oxygen atoms in total. The molecule has 2 aliphatic heterocycles. The standard InChI is InChI=1S/C26H23FN2O2/c1-26(2)14-22-24-20(15-29(22)25(30)16-7-5-4-6-8-16)18(11-12-21(24)28-26)19-10-9-17(27)13-23(19)31-3/h4-14,28H,15H2,1-3H3. The van der Waals surface area contributed by atoms with E-state index in [0.29, 0.717) is 17.9 Å². The Morgan fingerprint density at radius 2 is 1.81 bits per heavy atom. The van der Waals surface area contributed by atoms with E-state index < -0.39 is 0 Å². The highest BCUT2D eigenvalue weighted by molar-refractivity contribution is 6.04. The van der Waals surface area contributed by atoms with Gasteiger partial charge in [0.25, 0.3) is 5.91 Å². The molecule has 0 aliphatic carbocycles. The van der Waals surface area contributed by atoms with Gasteiger partial charge in [0.15, 0.2) is 0 Å². The van der Waals surface area contributed by atoms with Crippen LogP contribution in [0.3, 0.4) is 0 Å². The Hall–Kier alpha value is -3.60. The van der Waals surface area contributed by atoms with Gasteiger partial charge in [-0.05, 0) is 61.4 Å². The maximum atomic E-state index is 13.8. The fourth-order valence-electron chi connectivity index (χ4n) is 4.52. The minimum Gasteiger partial charge on any atom is -0.496 e. The van der Waals surface area contributed by atoms with Crippen molar-refractivity contribution in [3.8, 4) is 16.9 Å². The quantitative estimate of drug-likeness (QED) is 0.598. The van der Waals surface area contributed by atoms with Crippen molar-refractivity contribution in [2.24, 2.45) is 0 Å². The van der Waals surface area contributed by atoms with Crippen molar-refractivity contribution in [2.75, 3.05) is 12.4 Å². The highest BCUT2D eigenvalue weighted by Gasteiger charge is 2.38. The topological polar surface area (TPSA) is 41.6 Å². The number of carbonyl (C=O) groups is 1. The molecule has 1 N–H and O–H groups in total. The fraction of sp³-hybridized carbons (Fsp3) is 0.192. The lowest BCUT2D eigenvalue weighted by Crippen LogP contribution is -2.34. The second-order valence-electron chi connectivity index (χ2n) is 8.49. The van der Waals surface area contributed by atoms with Crippen molar-refractivity contribution in [1.82, 2.24) is 4.90 Å². The Labute approximate surface area is 181 Å². The smallest absolute Gasteiger partial charge is 0.258 e. The Kier molecular flexibility index (Phi) is 4.36. The van der Waals surface area contributed by atoms with Crippen molar-refractivity contribution in [3.05, 3.63) is 89.2 Å². The first kappa shape index (κ1) is 19.4. The van der Waals surface area contributed by atoms with Crippen LogP contribution < -0.4 is 10.1 Å². The normalized spacial score (nSPS) is 15.7. The van der Waals surface area contributed by atoms with Gasteiger partial charge in [-0.1, -0.05) is 24.3 Å². The summed E-state index contributed by atoms with van der Waals surface area (Å²) in [5, 5.41) is 3.56. The zero-order valence-electron chi connectivity index (χ0n) is 17.7. The number of nitrogens with zero attached hydrogens (tertiary/aromatic N) is 1. The van der Waals surface area contributed by atoms with Crippen LogP contribution in [-0.2, 0) is 6.54 Å². The van der Waals surface area contributed by atoms with Gasteiger partial charge in [-0.25, -0.2) is 4.39 Å². The molecule has 0 saturated heterocycles. The van der Waals surface area contributed by atoms with Gasteiger partial charge in [0.2, 0.25) is 0 Å². The maximum Gasteiger partial charge on any atom is 0.258 e. The molecule has 2 aliphatic rings. The van der Waals surface area contributed by atoms with Crippen LogP contribution in [0, 0.1) is 5.82 Å². The molecule has 3 aromatic carbocycles. The largest absolute Gasteiger partial charge is 0.496 e. The summed E-state index contributed by atoms with van der Waals surface area (Å²) >= 11 is 0. The average Bonchev–Trinajstić information content (AvgIpc) is 3.13. The maximum absolute atomic E-state index is 13.8. The zero-order chi connectivity index (χ0) is 21.8. The first-order valence-corrected chi connectivity index (χ1v) is 10.3. The number of hydrogen-bond donors (Lipinski definition) is 1. The van der Waals surface area contributed by atoms with Crippen LogP contribution in [0.1, 0.15) is 35.3 Å². The number of carbonyl (C=O) groups excluding carboxylic acids is 1. The van der Waals surface area contributed by atoms with Gasteiger partial charge in [0, 0.05) is 28.4 Å². The number of nitrogens with one attached hydrogen (secondary N) is 1. The summed E-state index contributed by atoms with van der Waals surface area (Å²) in [5.74, 6) is 0.0854. The molecule has 0 unspecified atom stereocenters. The SMILES string of the molecule is COc1cc(F)ccc1-c1ccc2c3c1CN(C(=O)c1ccccc1)C3=CC(C)(C)N2. The van der Waals surface area contributed by atoms with E-state index in [9.17, 15) is 9.18 Å². The molecule has 5 rings (SSSR count). The van der Waals surface area contributed by atoms with Gasteiger partial charge in [-0.3, -0.25) is 4.79 Å². The number of halogens is 1. The summed E-state index contributed by atoms with van der Waals surface area (Å²) in [4.78, 5) is 15.3. The fourth-order valence-corrected chi connectivity index (χ4v) is 4.52. The van der Waals surface area contributed by atoms with E-state index in [1.54, 1.807) is 6.07 Å². The third-order valence-corrected chi connectivity index (χ3v) is 5.85. The summed E-state index contributed by atoms with van der Waals surface area (Å²) in [6.07, 6.45) is 2.11. The van der Waals surface area contributed by atoms with E-state index in [2.05, 4.69) is 25.2 Å². The number of benzene rings is 3. The monoisotopic (exact) mass is 414 g/mol. The van der Waals surface area contributed by atoms with Crippen molar-refractivity contribution >= 4 is 17.3 Å². The predicted octanol–water partition coefficient (Wildman–Crippen LogP) is 5.70. The molecule has 31 heavy (non-hydrogen) atoms. The Morgan fingerprint density at radius 3 is 2.55 bits per heavy atom. The molecule has 0 saturated carbocycles. The number of amides is 1. The highest BCUT2D eigenvalue weighted by Crippen LogP contribution is 2.48. The van der Waals surface area contributed by atoms with Crippen molar-refractivity contribution in [2.45, 2.75) is 25.9 Å². The van der Waals surface area contributed by atoms with Gasteiger partial charge in [-0.15, -0.1) is 0 Å². The van der Waals surface area contributed by atoms with Crippen molar-refractivity contribution < 1.29 is 13.9 Å². The average molecular weight is 414 g/mol. The van der Waals surface area contributed by atoms with Gasteiger partial charge >= 0.3 is 0 Å². The number of hydrogen-bond acceptors (Lipinski definition) is 3. The van der Waals surface area contributed by atoms with Crippen LogP contribution in [-0.4, -0.2) is 23.5 Å². The highest BCUT2D eigenvalue weighted by atomic mass is 19.1. The lowest BCUT2D eigenvalue weighted by Gasteiger charge is -2.33. The van der Waals surface area contributed by atoms with E-state index in [0.717, 1.165) is 33.6 Å². The molecule has 2 heterocycles. The molecule has 156 valence electrons. The Morgan fingerprint density at radius 1 is 1.06 bits per heavy atom. The van der Waals surface area contributed by atoms with Crippen LogP contribution in [0.5, 0.6) is 5.75 Å². The summed E-state index contributed by atoms with van der Waals surface area (Å²) in [7, 11) is 1.54. The second-order valence-corrected chi connectivity index (χ2v) is 8.49. The van der Waals surface area contributed by atoms with Crippen LogP contribution in [0.25, 0.3) is 16.8 Å². The molecule has 0 bridgehead atoms. The number of methoxy groups -OCH3 is 1. The first-order chi connectivity index (χ1) is 14.9. The van der Waals surface area contributed by atoms with Gasteiger partial charge < -0.3 is 15.0 Å². The minimum absolute atomic E-state index is 0.0382. The van der Waals surface area contributed by atoms with Crippen LogP contribution in [0.2, 0.25) is 0 Å². The molecule has 0 radical (unpaired) electrons. The Balaban J connectivity index is 1.69. The summed E-state index contributed by atoms with van der Waals surface area (Å²) < 4.78 is 19.3. The van der Waals surface area contributed by atoms with Gasteiger partial charge in [-0.2, -0.15) is 0 Å². The van der Waals surface area contributed by atoms with E-state index in [4.69, 9.17) is 4.74 Å². The summed E-state index contributed by atoms with van der Waals surface area (Å²) in [6, 6.07) is 17.9. The van der Waals surface area contributed by atoms with E-state index in [1.807, 2.05) is 47.4 Å². The molecular formula is C26H23FN2O2. The zero-order valence-corrected chi connectivity index (χ0v) is 17.7. The number of anilines is 1. The molecule has 0 aromatic heterocycles. The molecule has 3 aromatic rings. The number of ether oxygens (including phenoxy) is 1. The number of rotatable bonds is 3. The summed E-state index contributed by atoms with van der Waals surface area (Å²) in [6.45, 7) is 4.61. The lowest BCUT2D eigenvalue weighted by molar-refractivity contribution is 0.0834. The molecule has 0 atom stereocenters. The van der Waals surface area contributed by atoms with Gasteiger partial charge in [0.1, 0.15) is 11.6 Å². The molecule has 0 spiro atoms. The molecule has 5 heteroatoms. The van der Waals surface area contributed by atoms with Crippen molar-refractivity contribution in [3.63, 3.8) is 0 Å². The predicted molar refractivity (Wildman–Crippen MR) is 120 cm³/mol. The minimum atomic E-state index is -0.347. The van der Waals surface area contributed by atoms with Crippen LogP contribution in [0.4, 0.5) is 10.1 Å². The summed E-state index contributed by atoms with van der Waals surface area (Å²) in [5.41, 5.74) is 6.04. The molecule has 1 amide bonds. The van der Waals surface area contributed by atoms with Gasteiger partial charge in [0.05, 0.1) is 24.9 Å². The first-order valence-electron chi connectivity index (χ1n) is 10.3. The van der Waals surface area contributed by atoms with E-state index in [1.165, 1.54) is 19.2 Å². The van der Waals surface area contributed by atoms with Crippen LogP contribution >= 0.6 is 0 Å². The van der Waals surface area contributed by atoms with E-state index >= 15 is 0 Å². The third kappa shape index (κ3) is 3.17. The molecule has 0 fully saturated rings. The Bertz CT molecular complexity index is 1230. The second kappa shape index (κ2) is 6.98. The lowest BCUT2D eigenvalue weighted by atomic mass is 9.89.